The van der Waals surface area contributed by atoms with Gasteiger partial charge in [-0.3, -0.25) is 4.79 Å². The molecule has 0 radical (unpaired) electrons. The number of hydrogen-bond acceptors (Lipinski definition) is 5. The van der Waals surface area contributed by atoms with E-state index in [1.54, 1.807) is 6.20 Å². The first-order chi connectivity index (χ1) is 11.0. The molecule has 0 aromatic carbocycles. The first kappa shape index (κ1) is 17.8. The summed E-state index contributed by atoms with van der Waals surface area (Å²) in [5.74, 6) is 1.23. The number of likely N-dealkylation sites (tertiary alicyclic amines) is 1. The van der Waals surface area contributed by atoms with Crippen LogP contribution in [0.4, 0.5) is 0 Å². The van der Waals surface area contributed by atoms with E-state index in [9.17, 15) is 9.90 Å². The van der Waals surface area contributed by atoms with Crippen molar-refractivity contribution in [1.29, 1.82) is 0 Å². The first-order valence-corrected chi connectivity index (χ1v) is 8.50. The average molecular weight is 320 g/mol. The molecule has 1 atom stereocenters. The molecule has 1 amide bonds. The number of rotatable bonds is 6. The zero-order chi connectivity index (χ0) is 16.8. The highest BCUT2D eigenvalue weighted by Crippen LogP contribution is 2.15. The van der Waals surface area contributed by atoms with Crippen LogP contribution in [0.1, 0.15) is 48.6 Å². The van der Waals surface area contributed by atoms with Gasteiger partial charge in [0, 0.05) is 19.3 Å². The zero-order valence-electron chi connectivity index (χ0n) is 14.4. The van der Waals surface area contributed by atoms with Crippen LogP contribution in [0.15, 0.2) is 6.20 Å². The Morgan fingerprint density at radius 3 is 2.83 bits per heavy atom. The fourth-order valence-electron chi connectivity index (χ4n) is 2.89. The highest BCUT2D eigenvalue weighted by molar-refractivity contribution is 5.94. The summed E-state index contributed by atoms with van der Waals surface area (Å²) in [6, 6.07) is 0. The highest BCUT2D eigenvalue weighted by atomic mass is 16.3. The molecule has 6 heteroatoms. The predicted molar refractivity (Wildman–Crippen MR) is 89.3 cm³/mol. The second kappa shape index (κ2) is 8.36. The highest BCUT2D eigenvalue weighted by Gasteiger charge is 2.19. The Kier molecular flexibility index (Phi) is 6.47. The minimum Gasteiger partial charge on any atom is -0.390 e. The SMILES string of the molecule is CCc1nc(C)ncc1C(=O)NC[C@@H](O)CN1CCC(C)CC1. The molecule has 1 aromatic heterocycles. The summed E-state index contributed by atoms with van der Waals surface area (Å²) in [5, 5.41) is 12.9. The van der Waals surface area contributed by atoms with Gasteiger partial charge in [-0.25, -0.2) is 9.97 Å². The maximum Gasteiger partial charge on any atom is 0.254 e. The topological polar surface area (TPSA) is 78.3 Å². The molecule has 2 rings (SSSR count). The van der Waals surface area contributed by atoms with Gasteiger partial charge in [0.1, 0.15) is 5.82 Å². The summed E-state index contributed by atoms with van der Waals surface area (Å²) in [7, 11) is 0. The molecule has 1 aliphatic heterocycles. The number of aliphatic hydroxyl groups excluding tert-OH is 1. The number of carbonyl (C=O) groups is 1. The molecule has 0 saturated carbocycles. The summed E-state index contributed by atoms with van der Waals surface area (Å²) >= 11 is 0. The molecule has 0 aliphatic carbocycles. The van der Waals surface area contributed by atoms with Crippen molar-refractivity contribution < 1.29 is 9.90 Å². The average Bonchev–Trinajstić information content (AvgIpc) is 2.54. The van der Waals surface area contributed by atoms with E-state index in [1.165, 1.54) is 12.8 Å². The Morgan fingerprint density at radius 2 is 2.17 bits per heavy atom. The number of aryl methyl sites for hydroxylation is 2. The standard InChI is InChI=1S/C17H28N4O2/c1-4-16-15(10-18-13(3)20-16)17(23)19-9-14(22)11-21-7-5-12(2)6-8-21/h10,12,14,22H,4-9,11H2,1-3H3,(H,19,23)/t14-/m1/s1. The van der Waals surface area contributed by atoms with Crippen molar-refractivity contribution in [2.24, 2.45) is 5.92 Å². The van der Waals surface area contributed by atoms with Crippen LogP contribution in [0, 0.1) is 12.8 Å². The normalized spacial score (nSPS) is 17.9. The van der Waals surface area contributed by atoms with Crippen molar-refractivity contribution in [2.75, 3.05) is 26.2 Å². The van der Waals surface area contributed by atoms with E-state index in [0.717, 1.165) is 24.7 Å². The monoisotopic (exact) mass is 320 g/mol. The molecule has 0 unspecified atom stereocenters. The minimum absolute atomic E-state index is 0.215. The molecule has 1 aromatic rings. The van der Waals surface area contributed by atoms with Crippen LogP contribution in [0.2, 0.25) is 0 Å². The van der Waals surface area contributed by atoms with E-state index in [2.05, 4.69) is 27.1 Å². The summed E-state index contributed by atoms with van der Waals surface area (Å²) in [4.78, 5) is 22.9. The van der Waals surface area contributed by atoms with Crippen LogP contribution in [0.5, 0.6) is 0 Å². The van der Waals surface area contributed by atoms with Crippen LogP contribution < -0.4 is 5.32 Å². The molecule has 1 aliphatic rings. The van der Waals surface area contributed by atoms with Crippen LogP contribution in [-0.4, -0.2) is 58.2 Å². The number of hydrogen-bond donors (Lipinski definition) is 2. The number of amides is 1. The molecule has 6 nitrogen and oxygen atoms in total. The Balaban J connectivity index is 1.82. The molecule has 2 N–H and O–H groups in total. The number of aromatic nitrogens is 2. The van der Waals surface area contributed by atoms with E-state index in [1.807, 2.05) is 13.8 Å². The third-order valence-electron chi connectivity index (χ3n) is 4.41. The molecule has 1 fully saturated rings. The number of aliphatic hydroxyl groups is 1. The lowest BCUT2D eigenvalue weighted by Gasteiger charge is -2.31. The summed E-state index contributed by atoms with van der Waals surface area (Å²) in [5.41, 5.74) is 1.24. The summed E-state index contributed by atoms with van der Waals surface area (Å²) in [6.07, 6.45) is 4.05. The van der Waals surface area contributed by atoms with Crippen molar-refractivity contribution in [1.82, 2.24) is 20.2 Å². The summed E-state index contributed by atoms with van der Waals surface area (Å²) < 4.78 is 0. The van der Waals surface area contributed by atoms with Crippen LogP contribution in [0.3, 0.4) is 0 Å². The molecular weight excluding hydrogens is 292 g/mol. The van der Waals surface area contributed by atoms with Gasteiger partial charge in [0.25, 0.3) is 5.91 Å². The quantitative estimate of drug-likeness (QED) is 0.823. The van der Waals surface area contributed by atoms with Gasteiger partial charge in [-0.15, -0.1) is 0 Å². The molecular formula is C17H28N4O2. The van der Waals surface area contributed by atoms with Gasteiger partial charge in [-0.05, 0) is 45.2 Å². The molecule has 0 bridgehead atoms. The Labute approximate surface area is 138 Å². The molecule has 2 heterocycles. The van der Waals surface area contributed by atoms with Gasteiger partial charge >= 0.3 is 0 Å². The second-order valence-corrected chi connectivity index (χ2v) is 6.48. The largest absolute Gasteiger partial charge is 0.390 e. The van der Waals surface area contributed by atoms with Crippen LogP contribution in [-0.2, 0) is 6.42 Å². The molecule has 128 valence electrons. The number of β-amino-alcohol motifs (C(OH)–C–C–N with tert-alkyl or cyclic N) is 1. The van der Waals surface area contributed by atoms with Crippen molar-refractivity contribution in [2.45, 2.75) is 46.1 Å². The third kappa shape index (κ3) is 5.25. The van der Waals surface area contributed by atoms with Gasteiger partial charge in [-0.2, -0.15) is 0 Å². The smallest absolute Gasteiger partial charge is 0.254 e. The Morgan fingerprint density at radius 1 is 1.48 bits per heavy atom. The fourth-order valence-corrected chi connectivity index (χ4v) is 2.89. The Bertz CT molecular complexity index is 527. The van der Waals surface area contributed by atoms with E-state index in [0.29, 0.717) is 24.4 Å². The van der Waals surface area contributed by atoms with E-state index < -0.39 is 6.10 Å². The first-order valence-electron chi connectivity index (χ1n) is 8.50. The van der Waals surface area contributed by atoms with Crippen LogP contribution >= 0.6 is 0 Å². The van der Waals surface area contributed by atoms with E-state index >= 15 is 0 Å². The third-order valence-corrected chi connectivity index (χ3v) is 4.41. The predicted octanol–water partition coefficient (Wildman–Crippen LogP) is 1.17. The molecule has 23 heavy (non-hydrogen) atoms. The Hall–Kier alpha value is -1.53. The second-order valence-electron chi connectivity index (χ2n) is 6.48. The van der Waals surface area contributed by atoms with Gasteiger partial charge in [0.05, 0.1) is 17.4 Å². The van der Waals surface area contributed by atoms with E-state index in [-0.39, 0.29) is 12.5 Å². The molecule has 1 saturated heterocycles. The number of carbonyl (C=O) groups excluding carboxylic acids is 1. The lowest BCUT2D eigenvalue weighted by molar-refractivity contribution is 0.0794. The maximum absolute atomic E-state index is 12.3. The molecule has 0 spiro atoms. The number of nitrogens with one attached hydrogen (secondary N) is 1. The van der Waals surface area contributed by atoms with Crippen LogP contribution in [0.25, 0.3) is 0 Å². The van der Waals surface area contributed by atoms with Gasteiger partial charge in [0.2, 0.25) is 0 Å². The van der Waals surface area contributed by atoms with E-state index in [4.69, 9.17) is 0 Å². The lowest BCUT2D eigenvalue weighted by atomic mass is 9.99. The van der Waals surface area contributed by atoms with Crippen molar-refractivity contribution >= 4 is 5.91 Å². The van der Waals surface area contributed by atoms with Crippen molar-refractivity contribution in [3.63, 3.8) is 0 Å². The van der Waals surface area contributed by atoms with Gasteiger partial charge < -0.3 is 15.3 Å². The van der Waals surface area contributed by atoms with Crippen molar-refractivity contribution in [3.8, 4) is 0 Å². The number of nitrogens with zero attached hydrogens (tertiary/aromatic N) is 3. The fraction of sp³-hybridized carbons (Fsp3) is 0.706. The minimum atomic E-state index is -0.552. The number of piperidine rings is 1. The maximum atomic E-state index is 12.3. The van der Waals surface area contributed by atoms with Gasteiger partial charge in [0.15, 0.2) is 0 Å². The summed E-state index contributed by atoms with van der Waals surface area (Å²) in [6.45, 7) is 8.95. The zero-order valence-corrected chi connectivity index (χ0v) is 14.4. The lowest BCUT2D eigenvalue weighted by Crippen LogP contribution is -2.43. The van der Waals surface area contributed by atoms with Gasteiger partial charge in [-0.1, -0.05) is 13.8 Å². The van der Waals surface area contributed by atoms with Crippen molar-refractivity contribution in [3.05, 3.63) is 23.3 Å².